The number of methoxy groups -OCH3 is 1. The zero-order valence-electron chi connectivity index (χ0n) is 16.7. The van der Waals surface area contributed by atoms with Gasteiger partial charge in [0.2, 0.25) is 11.8 Å². The first-order chi connectivity index (χ1) is 13.5. The lowest BCUT2D eigenvalue weighted by molar-refractivity contribution is -0.140. The Labute approximate surface area is 170 Å². The Hall–Kier alpha value is -2.15. The van der Waals surface area contributed by atoms with E-state index in [1.165, 1.54) is 6.08 Å². The lowest BCUT2D eigenvalue weighted by Gasteiger charge is -2.26. The maximum Gasteiger partial charge on any atom is 0.247 e. The van der Waals surface area contributed by atoms with Crippen molar-refractivity contribution >= 4 is 29.7 Å². The summed E-state index contributed by atoms with van der Waals surface area (Å²) < 4.78 is 11.1. The number of likely N-dealkylation sites (tertiary alicyclic amines) is 1. The van der Waals surface area contributed by atoms with Crippen LogP contribution >= 0.6 is 11.8 Å². The van der Waals surface area contributed by atoms with Gasteiger partial charge in [-0.05, 0) is 50.5 Å². The van der Waals surface area contributed by atoms with Crippen molar-refractivity contribution in [1.82, 2.24) is 9.80 Å². The maximum atomic E-state index is 12.7. The van der Waals surface area contributed by atoms with Crippen LogP contribution in [0.15, 0.2) is 24.3 Å². The number of carbonyl (C=O) groups is 2. The van der Waals surface area contributed by atoms with Crippen LogP contribution in [-0.2, 0) is 9.59 Å². The Balaban J connectivity index is 1.67. The molecule has 2 aliphatic rings. The molecule has 0 radical (unpaired) electrons. The topological polar surface area (TPSA) is 59.1 Å². The quantitative estimate of drug-likeness (QED) is 0.682. The van der Waals surface area contributed by atoms with E-state index in [9.17, 15) is 9.59 Å². The van der Waals surface area contributed by atoms with E-state index >= 15 is 0 Å². The number of hydrogen-bond donors (Lipinski definition) is 0. The normalized spacial score (nSPS) is 19.6. The molecule has 2 amide bonds. The highest BCUT2D eigenvalue weighted by molar-refractivity contribution is 7.99. The van der Waals surface area contributed by atoms with Crippen LogP contribution in [0.2, 0.25) is 0 Å². The third kappa shape index (κ3) is 4.82. The van der Waals surface area contributed by atoms with Gasteiger partial charge in [0.1, 0.15) is 6.04 Å². The molecular weight excluding hydrogens is 376 g/mol. The van der Waals surface area contributed by atoms with Crippen LogP contribution in [0.25, 0.3) is 6.08 Å². The lowest BCUT2D eigenvalue weighted by Crippen LogP contribution is -2.47. The van der Waals surface area contributed by atoms with Crippen molar-refractivity contribution < 1.29 is 19.1 Å². The molecule has 2 saturated heterocycles. The van der Waals surface area contributed by atoms with Crippen molar-refractivity contribution in [3.8, 4) is 11.5 Å². The predicted octanol–water partition coefficient (Wildman–Crippen LogP) is 3.02. The zero-order valence-corrected chi connectivity index (χ0v) is 17.5. The molecule has 1 aromatic carbocycles. The summed E-state index contributed by atoms with van der Waals surface area (Å²) >= 11 is 1.63. The van der Waals surface area contributed by atoms with E-state index in [0.29, 0.717) is 23.1 Å². The first-order valence-corrected chi connectivity index (χ1v) is 10.8. The average Bonchev–Trinajstić information content (AvgIpc) is 3.37. The van der Waals surface area contributed by atoms with Crippen molar-refractivity contribution in [2.45, 2.75) is 38.8 Å². The number of ether oxygens (including phenoxy) is 2. The van der Waals surface area contributed by atoms with Crippen LogP contribution in [0.1, 0.15) is 32.3 Å². The molecule has 0 bridgehead atoms. The Morgan fingerprint density at radius 3 is 2.64 bits per heavy atom. The van der Waals surface area contributed by atoms with Crippen molar-refractivity contribution in [1.29, 1.82) is 0 Å². The second kappa shape index (κ2) is 9.37. The highest BCUT2D eigenvalue weighted by atomic mass is 32.2. The van der Waals surface area contributed by atoms with Crippen LogP contribution in [0.5, 0.6) is 11.5 Å². The van der Waals surface area contributed by atoms with Crippen molar-refractivity contribution in [3.63, 3.8) is 0 Å². The zero-order chi connectivity index (χ0) is 20.1. The largest absolute Gasteiger partial charge is 0.493 e. The molecule has 0 aromatic heterocycles. The van der Waals surface area contributed by atoms with Gasteiger partial charge in [-0.2, -0.15) is 0 Å². The van der Waals surface area contributed by atoms with E-state index in [1.54, 1.807) is 29.8 Å². The number of benzene rings is 1. The smallest absolute Gasteiger partial charge is 0.247 e. The minimum absolute atomic E-state index is 0.0506. The van der Waals surface area contributed by atoms with Crippen LogP contribution in [0, 0.1) is 0 Å². The first-order valence-electron chi connectivity index (χ1n) is 9.69. The SMILES string of the molecule is COc1cc(/C=C/C(=O)N2CSCC2C(=O)N2CCCC2)ccc1OC(C)C. The molecule has 2 fully saturated rings. The molecule has 2 aliphatic heterocycles. The summed E-state index contributed by atoms with van der Waals surface area (Å²) in [6.07, 6.45) is 5.45. The Kier molecular flexibility index (Phi) is 6.88. The van der Waals surface area contributed by atoms with E-state index < -0.39 is 0 Å². The summed E-state index contributed by atoms with van der Waals surface area (Å²) in [7, 11) is 1.59. The summed E-state index contributed by atoms with van der Waals surface area (Å²) in [4.78, 5) is 29.0. The summed E-state index contributed by atoms with van der Waals surface area (Å²) in [5.41, 5.74) is 0.843. The molecule has 152 valence electrons. The molecule has 28 heavy (non-hydrogen) atoms. The molecule has 0 N–H and O–H groups in total. The van der Waals surface area contributed by atoms with Gasteiger partial charge in [0, 0.05) is 24.9 Å². The predicted molar refractivity (Wildman–Crippen MR) is 112 cm³/mol. The van der Waals surface area contributed by atoms with Gasteiger partial charge in [-0.1, -0.05) is 6.07 Å². The molecule has 0 saturated carbocycles. The maximum absolute atomic E-state index is 12.7. The highest BCUT2D eigenvalue weighted by Gasteiger charge is 2.36. The summed E-state index contributed by atoms with van der Waals surface area (Å²) in [5.74, 6) is 2.47. The number of amides is 2. The van der Waals surface area contributed by atoms with E-state index in [2.05, 4.69) is 0 Å². The summed E-state index contributed by atoms with van der Waals surface area (Å²) in [6.45, 7) is 5.53. The number of carbonyl (C=O) groups excluding carboxylic acids is 2. The van der Waals surface area contributed by atoms with Gasteiger partial charge in [-0.3, -0.25) is 9.59 Å². The van der Waals surface area contributed by atoms with Gasteiger partial charge in [0.25, 0.3) is 0 Å². The van der Waals surface area contributed by atoms with Gasteiger partial charge in [0.05, 0.1) is 19.1 Å². The second-order valence-corrected chi connectivity index (χ2v) is 8.27. The Morgan fingerprint density at radius 2 is 1.96 bits per heavy atom. The standard InChI is InChI=1S/C21H28N2O4S/c1-15(2)27-18-8-6-16(12-19(18)26-3)7-9-20(24)23-14-28-13-17(23)21(25)22-10-4-5-11-22/h6-9,12,15,17H,4-5,10-11,13-14H2,1-3H3/b9-7+. The first kappa shape index (κ1) is 20.6. The fourth-order valence-corrected chi connectivity index (χ4v) is 4.57. The van der Waals surface area contributed by atoms with Gasteiger partial charge in [0.15, 0.2) is 11.5 Å². The third-order valence-corrected chi connectivity index (χ3v) is 5.85. The van der Waals surface area contributed by atoms with Crippen LogP contribution < -0.4 is 9.47 Å². The van der Waals surface area contributed by atoms with E-state index in [-0.39, 0.29) is 24.0 Å². The van der Waals surface area contributed by atoms with Gasteiger partial charge in [-0.25, -0.2) is 0 Å². The van der Waals surface area contributed by atoms with E-state index in [0.717, 1.165) is 31.5 Å². The number of nitrogens with zero attached hydrogens (tertiary/aromatic N) is 2. The summed E-state index contributed by atoms with van der Waals surface area (Å²) in [5, 5.41) is 0. The molecule has 2 heterocycles. The third-order valence-electron chi connectivity index (χ3n) is 4.84. The molecule has 6 nitrogen and oxygen atoms in total. The molecule has 1 atom stereocenters. The molecule has 7 heteroatoms. The fraction of sp³-hybridized carbons (Fsp3) is 0.524. The number of hydrogen-bond acceptors (Lipinski definition) is 5. The van der Waals surface area contributed by atoms with E-state index in [4.69, 9.17) is 9.47 Å². The van der Waals surface area contributed by atoms with Crippen LogP contribution in [0.3, 0.4) is 0 Å². The van der Waals surface area contributed by atoms with Crippen molar-refractivity contribution in [3.05, 3.63) is 29.8 Å². The van der Waals surface area contributed by atoms with Gasteiger partial charge < -0.3 is 19.3 Å². The molecule has 1 unspecified atom stereocenters. The minimum atomic E-state index is -0.350. The summed E-state index contributed by atoms with van der Waals surface area (Å²) in [6, 6.07) is 5.22. The lowest BCUT2D eigenvalue weighted by atomic mass is 10.1. The Bertz CT molecular complexity index is 744. The van der Waals surface area contributed by atoms with Crippen molar-refractivity contribution in [2.75, 3.05) is 31.8 Å². The van der Waals surface area contributed by atoms with Gasteiger partial charge >= 0.3 is 0 Å². The Morgan fingerprint density at radius 1 is 1.21 bits per heavy atom. The minimum Gasteiger partial charge on any atom is -0.493 e. The van der Waals surface area contributed by atoms with E-state index in [1.807, 2.05) is 36.9 Å². The molecule has 0 aliphatic carbocycles. The molecule has 3 rings (SSSR count). The molecular formula is C21H28N2O4S. The number of rotatable bonds is 6. The van der Waals surface area contributed by atoms with Crippen LogP contribution in [-0.4, -0.2) is 65.6 Å². The second-order valence-electron chi connectivity index (χ2n) is 7.27. The monoisotopic (exact) mass is 404 g/mol. The number of thioether (sulfide) groups is 1. The average molecular weight is 405 g/mol. The molecule has 1 aromatic rings. The van der Waals surface area contributed by atoms with Crippen LogP contribution in [0.4, 0.5) is 0 Å². The highest BCUT2D eigenvalue weighted by Crippen LogP contribution is 2.30. The molecule has 0 spiro atoms. The van der Waals surface area contributed by atoms with Crippen molar-refractivity contribution in [2.24, 2.45) is 0 Å². The van der Waals surface area contributed by atoms with Gasteiger partial charge in [-0.15, -0.1) is 11.8 Å². The fourth-order valence-electron chi connectivity index (χ4n) is 3.42.